The molecule has 0 radical (unpaired) electrons. The molecule has 7 heteroatoms. The highest BCUT2D eigenvalue weighted by Gasteiger charge is 2.27. The summed E-state index contributed by atoms with van der Waals surface area (Å²) >= 11 is 5.76. The third-order valence-electron chi connectivity index (χ3n) is 1.60. The monoisotopic (exact) mass is 254 g/mol. The van der Waals surface area contributed by atoms with Crippen molar-refractivity contribution in [2.24, 2.45) is 0 Å². The molecule has 0 unspecified atom stereocenters. The van der Waals surface area contributed by atoms with E-state index in [9.17, 15) is 13.2 Å². The van der Waals surface area contributed by atoms with Crippen LogP contribution in [-0.2, 0) is 4.74 Å². The molecule has 0 atom stereocenters. The summed E-state index contributed by atoms with van der Waals surface area (Å²) in [6.45, 7) is -1.03. The maximum atomic E-state index is 11.7. The van der Waals surface area contributed by atoms with E-state index in [0.717, 1.165) is 0 Å². The number of anilines is 1. The Balaban J connectivity index is 2.19. The Morgan fingerprint density at radius 2 is 2.19 bits per heavy atom. The van der Waals surface area contributed by atoms with Crippen molar-refractivity contribution in [1.29, 1.82) is 0 Å². The quantitative estimate of drug-likeness (QED) is 0.821. The zero-order chi connectivity index (χ0) is 12.0. The second-order valence-electron chi connectivity index (χ2n) is 2.95. The standard InChI is InChI=1S/C9H10ClF3N2O/c10-7-5-14-2-1-8(7)15-3-4-16-6-9(11,12)13/h1-2,5H,3-4,6H2,(H,14,15). The number of hydrogen-bond donors (Lipinski definition) is 1. The van der Waals surface area contributed by atoms with Gasteiger partial charge in [-0.1, -0.05) is 11.6 Å². The van der Waals surface area contributed by atoms with E-state index in [1.165, 1.54) is 12.4 Å². The fourth-order valence-electron chi connectivity index (χ4n) is 0.964. The normalized spacial score (nSPS) is 11.5. The highest BCUT2D eigenvalue weighted by molar-refractivity contribution is 6.33. The van der Waals surface area contributed by atoms with Gasteiger partial charge in [0.15, 0.2) is 0 Å². The Hall–Kier alpha value is -1.01. The number of alkyl halides is 3. The van der Waals surface area contributed by atoms with Crippen molar-refractivity contribution in [2.45, 2.75) is 6.18 Å². The average Bonchev–Trinajstić information content (AvgIpc) is 2.18. The van der Waals surface area contributed by atoms with Crippen molar-refractivity contribution in [3.05, 3.63) is 23.5 Å². The Bertz CT molecular complexity index is 333. The molecule has 0 saturated heterocycles. The van der Waals surface area contributed by atoms with Gasteiger partial charge in [0.25, 0.3) is 0 Å². The van der Waals surface area contributed by atoms with E-state index in [1.54, 1.807) is 6.07 Å². The molecule has 16 heavy (non-hydrogen) atoms. The Kier molecular flexibility index (Phi) is 4.82. The van der Waals surface area contributed by atoms with E-state index in [4.69, 9.17) is 11.6 Å². The van der Waals surface area contributed by atoms with Crippen LogP contribution in [0, 0.1) is 0 Å². The first-order valence-corrected chi connectivity index (χ1v) is 4.85. The number of rotatable bonds is 5. The number of ether oxygens (including phenoxy) is 1. The van der Waals surface area contributed by atoms with Crippen molar-refractivity contribution < 1.29 is 17.9 Å². The van der Waals surface area contributed by atoms with E-state index < -0.39 is 12.8 Å². The van der Waals surface area contributed by atoms with Crippen molar-refractivity contribution >= 4 is 17.3 Å². The van der Waals surface area contributed by atoms with E-state index in [2.05, 4.69) is 15.0 Å². The molecule has 0 spiro atoms. The second-order valence-corrected chi connectivity index (χ2v) is 3.36. The zero-order valence-electron chi connectivity index (χ0n) is 8.22. The molecule has 0 fully saturated rings. The number of halogens is 4. The summed E-state index contributed by atoms with van der Waals surface area (Å²) in [5.74, 6) is 0. The molecular weight excluding hydrogens is 245 g/mol. The largest absolute Gasteiger partial charge is 0.411 e. The van der Waals surface area contributed by atoms with E-state index in [-0.39, 0.29) is 13.2 Å². The van der Waals surface area contributed by atoms with Crippen LogP contribution in [0.15, 0.2) is 18.5 Å². The Morgan fingerprint density at radius 1 is 1.44 bits per heavy atom. The maximum Gasteiger partial charge on any atom is 0.411 e. The molecule has 1 aromatic rings. The van der Waals surface area contributed by atoms with Crippen LogP contribution in [0.25, 0.3) is 0 Å². The summed E-state index contributed by atoms with van der Waals surface area (Å²) in [5.41, 5.74) is 0.618. The van der Waals surface area contributed by atoms with Gasteiger partial charge in [-0.05, 0) is 6.07 Å². The summed E-state index contributed by atoms with van der Waals surface area (Å²) in [6, 6.07) is 1.63. The molecule has 1 heterocycles. The molecule has 1 rings (SSSR count). The lowest BCUT2D eigenvalue weighted by molar-refractivity contribution is -0.172. The number of pyridine rings is 1. The van der Waals surface area contributed by atoms with Gasteiger partial charge in [0, 0.05) is 18.9 Å². The zero-order valence-corrected chi connectivity index (χ0v) is 8.98. The summed E-state index contributed by atoms with van der Waals surface area (Å²) in [6.07, 6.45) is -1.31. The second kappa shape index (κ2) is 5.91. The number of nitrogens with zero attached hydrogens (tertiary/aromatic N) is 1. The van der Waals surface area contributed by atoms with Crippen LogP contribution in [0.2, 0.25) is 5.02 Å². The summed E-state index contributed by atoms with van der Waals surface area (Å²) in [7, 11) is 0. The third kappa shape index (κ3) is 5.18. The Morgan fingerprint density at radius 3 is 2.81 bits per heavy atom. The van der Waals surface area contributed by atoms with Crippen molar-refractivity contribution in [2.75, 3.05) is 25.1 Å². The van der Waals surface area contributed by atoms with Gasteiger partial charge in [-0.15, -0.1) is 0 Å². The fraction of sp³-hybridized carbons (Fsp3) is 0.444. The van der Waals surface area contributed by atoms with Gasteiger partial charge in [-0.3, -0.25) is 4.98 Å². The van der Waals surface area contributed by atoms with Crippen LogP contribution in [0.4, 0.5) is 18.9 Å². The molecule has 0 aliphatic heterocycles. The third-order valence-corrected chi connectivity index (χ3v) is 1.90. The molecule has 1 N–H and O–H groups in total. The van der Waals surface area contributed by atoms with Crippen LogP contribution in [0.3, 0.4) is 0 Å². The predicted molar refractivity (Wildman–Crippen MR) is 54.6 cm³/mol. The lowest BCUT2D eigenvalue weighted by atomic mass is 10.4. The molecule has 3 nitrogen and oxygen atoms in total. The molecular formula is C9H10ClF3N2O. The highest BCUT2D eigenvalue weighted by Crippen LogP contribution is 2.18. The van der Waals surface area contributed by atoms with Gasteiger partial charge >= 0.3 is 6.18 Å². The molecule has 0 aliphatic rings. The Labute approximate surface area is 95.6 Å². The van der Waals surface area contributed by atoms with Crippen LogP contribution < -0.4 is 5.32 Å². The predicted octanol–water partition coefficient (Wildman–Crippen LogP) is 2.73. The summed E-state index contributed by atoms with van der Waals surface area (Å²) in [4.78, 5) is 3.77. The van der Waals surface area contributed by atoms with Gasteiger partial charge < -0.3 is 10.1 Å². The highest BCUT2D eigenvalue weighted by atomic mass is 35.5. The van der Waals surface area contributed by atoms with Crippen molar-refractivity contribution in [3.8, 4) is 0 Å². The van der Waals surface area contributed by atoms with Gasteiger partial charge in [-0.2, -0.15) is 13.2 Å². The SMILES string of the molecule is FC(F)(F)COCCNc1ccncc1Cl. The van der Waals surface area contributed by atoms with Gasteiger partial charge in [0.05, 0.1) is 17.3 Å². The van der Waals surface area contributed by atoms with Crippen LogP contribution in [0.1, 0.15) is 0 Å². The lowest BCUT2D eigenvalue weighted by Gasteiger charge is -2.09. The average molecular weight is 255 g/mol. The van der Waals surface area contributed by atoms with Gasteiger partial charge in [0.2, 0.25) is 0 Å². The summed E-state index contributed by atoms with van der Waals surface area (Å²) < 4.78 is 39.5. The van der Waals surface area contributed by atoms with Gasteiger partial charge in [0.1, 0.15) is 6.61 Å². The molecule has 0 amide bonds. The molecule has 1 aromatic heterocycles. The first kappa shape index (κ1) is 13.1. The van der Waals surface area contributed by atoms with Crippen LogP contribution in [0.5, 0.6) is 0 Å². The van der Waals surface area contributed by atoms with E-state index in [0.29, 0.717) is 10.7 Å². The van der Waals surface area contributed by atoms with Crippen molar-refractivity contribution in [1.82, 2.24) is 4.98 Å². The smallest absolute Gasteiger partial charge is 0.381 e. The van der Waals surface area contributed by atoms with Gasteiger partial charge in [-0.25, -0.2) is 0 Å². The molecule has 0 aromatic carbocycles. The minimum atomic E-state index is -4.28. The lowest BCUT2D eigenvalue weighted by Crippen LogP contribution is -2.20. The first-order chi connectivity index (χ1) is 7.49. The molecule has 0 bridgehead atoms. The van der Waals surface area contributed by atoms with E-state index in [1.807, 2.05) is 0 Å². The van der Waals surface area contributed by atoms with Crippen LogP contribution in [-0.4, -0.2) is 30.9 Å². The van der Waals surface area contributed by atoms with Crippen LogP contribution >= 0.6 is 11.6 Å². The minimum absolute atomic E-state index is 0.0435. The van der Waals surface area contributed by atoms with Crippen molar-refractivity contribution in [3.63, 3.8) is 0 Å². The fourth-order valence-corrected chi connectivity index (χ4v) is 1.15. The summed E-state index contributed by atoms with van der Waals surface area (Å²) in [5, 5.41) is 3.25. The molecule has 0 aliphatic carbocycles. The molecule has 0 saturated carbocycles. The minimum Gasteiger partial charge on any atom is -0.381 e. The first-order valence-electron chi connectivity index (χ1n) is 4.47. The maximum absolute atomic E-state index is 11.7. The topological polar surface area (TPSA) is 34.1 Å². The number of hydrogen-bond acceptors (Lipinski definition) is 3. The molecule has 90 valence electrons. The number of nitrogens with one attached hydrogen (secondary N) is 1. The van der Waals surface area contributed by atoms with E-state index >= 15 is 0 Å². The number of aromatic nitrogens is 1.